The summed E-state index contributed by atoms with van der Waals surface area (Å²) in [5.74, 6) is -0.0833. The Morgan fingerprint density at radius 2 is 1.95 bits per heavy atom. The molecule has 19 heavy (non-hydrogen) atoms. The van der Waals surface area contributed by atoms with Gasteiger partial charge in [-0.1, -0.05) is 35.5 Å². The van der Waals surface area contributed by atoms with Crippen LogP contribution in [-0.2, 0) is 10.2 Å². The summed E-state index contributed by atoms with van der Waals surface area (Å²) in [6, 6.07) is 9.71. The van der Waals surface area contributed by atoms with Gasteiger partial charge in [0.25, 0.3) is 0 Å². The van der Waals surface area contributed by atoms with Gasteiger partial charge >= 0.3 is 0 Å². The fourth-order valence-corrected chi connectivity index (χ4v) is 2.12. The maximum atomic E-state index is 12.5. The summed E-state index contributed by atoms with van der Waals surface area (Å²) in [5, 5.41) is 14.6. The molecule has 0 spiro atoms. The molecular formula is C14H19N3O2. The molecule has 0 heterocycles. The Morgan fingerprint density at radius 3 is 2.42 bits per heavy atom. The number of hydrogen-bond donors (Lipinski definition) is 3. The molecule has 1 aliphatic carbocycles. The van der Waals surface area contributed by atoms with E-state index < -0.39 is 11.0 Å². The van der Waals surface area contributed by atoms with Gasteiger partial charge in [-0.05, 0) is 32.3 Å². The molecule has 4 N–H and O–H groups in total. The van der Waals surface area contributed by atoms with E-state index >= 15 is 0 Å². The average Bonchev–Trinajstić information content (AvgIpc) is 3.19. The van der Waals surface area contributed by atoms with Crippen LogP contribution in [0, 0.1) is 0 Å². The second kappa shape index (κ2) is 4.57. The maximum Gasteiger partial charge on any atom is 0.231 e. The second-order valence-corrected chi connectivity index (χ2v) is 5.51. The van der Waals surface area contributed by atoms with Crippen molar-refractivity contribution in [3.63, 3.8) is 0 Å². The molecule has 1 saturated carbocycles. The quantitative estimate of drug-likeness (QED) is 0.331. The van der Waals surface area contributed by atoms with Crippen LogP contribution in [0.5, 0.6) is 0 Å². The molecule has 1 aromatic rings. The van der Waals surface area contributed by atoms with E-state index in [4.69, 9.17) is 10.9 Å². The summed E-state index contributed by atoms with van der Waals surface area (Å²) >= 11 is 0. The standard InChI is InChI=1S/C14H19N3O2/c1-13(2,11(15)17-19)16-12(18)14(8-9-14)10-6-4-3-5-7-10/h3-7,19H,8-9H2,1-2H3,(H2,15,17)(H,16,18). The Morgan fingerprint density at radius 1 is 1.37 bits per heavy atom. The summed E-state index contributed by atoms with van der Waals surface area (Å²) in [4.78, 5) is 12.5. The number of amidine groups is 1. The van der Waals surface area contributed by atoms with Crippen molar-refractivity contribution >= 4 is 11.7 Å². The number of carbonyl (C=O) groups excluding carboxylic acids is 1. The Bertz CT molecular complexity index is 505. The van der Waals surface area contributed by atoms with Crippen molar-refractivity contribution in [2.24, 2.45) is 10.9 Å². The number of nitrogens with one attached hydrogen (secondary N) is 1. The summed E-state index contributed by atoms with van der Waals surface area (Å²) < 4.78 is 0. The highest BCUT2D eigenvalue weighted by atomic mass is 16.4. The van der Waals surface area contributed by atoms with Crippen molar-refractivity contribution in [2.75, 3.05) is 0 Å². The zero-order chi connectivity index (χ0) is 14.1. The van der Waals surface area contributed by atoms with Gasteiger partial charge in [0.2, 0.25) is 5.91 Å². The van der Waals surface area contributed by atoms with Gasteiger partial charge in [-0.15, -0.1) is 0 Å². The first-order valence-electron chi connectivity index (χ1n) is 6.28. The third-order valence-corrected chi connectivity index (χ3v) is 3.69. The van der Waals surface area contributed by atoms with Gasteiger partial charge in [0, 0.05) is 0 Å². The number of amides is 1. The first-order valence-corrected chi connectivity index (χ1v) is 6.28. The molecule has 102 valence electrons. The number of hydrogen-bond acceptors (Lipinski definition) is 3. The zero-order valence-corrected chi connectivity index (χ0v) is 11.2. The van der Waals surface area contributed by atoms with Gasteiger partial charge in [0.1, 0.15) is 0 Å². The average molecular weight is 261 g/mol. The molecule has 0 atom stereocenters. The van der Waals surface area contributed by atoms with Gasteiger partial charge in [-0.3, -0.25) is 4.79 Å². The van der Waals surface area contributed by atoms with Crippen molar-refractivity contribution in [3.8, 4) is 0 Å². The molecule has 1 aromatic carbocycles. The normalized spacial score (nSPS) is 17.9. The van der Waals surface area contributed by atoms with E-state index in [-0.39, 0.29) is 11.7 Å². The Balaban J connectivity index is 2.18. The summed E-state index contributed by atoms with van der Waals surface area (Å²) in [6.45, 7) is 3.42. The predicted octanol–water partition coefficient (Wildman–Crippen LogP) is 1.36. The van der Waals surface area contributed by atoms with Gasteiger partial charge < -0.3 is 16.3 Å². The van der Waals surface area contributed by atoms with Gasteiger partial charge in [0.15, 0.2) is 5.84 Å². The van der Waals surface area contributed by atoms with Crippen LogP contribution < -0.4 is 11.1 Å². The monoisotopic (exact) mass is 261 g/mol. The zero-order valence-electron chi connectivity index (χ0n) is 11.2. The van der Waals surface area contributed by atoms with Crippen LogP contribution in [-0.4, -0.2) is 22.5 Å². The lowest BCUT2D eigenvalue weighted by molar-refractivity contribution is -0.124. The van der Waals surface area contributed by atoms with Crippen LogP contribution in [0.2, 0.25) is 0 Å². The van der Waals surface area contributed by atoms with Gasteiger partial charge in [-0.25, -0.2) is 0 Å². The van der Waals surface area contributed by atoms with Gasteiger partial charge in [0.05, 0.1) is 11.0 Å². The molecule has 1 amide bonds. The van der Waals surface area contributed by atoms with Crippen LogP contribution in [0.1, 0.15) is 32.3 Å². The van der Waals surface area contributed by atoms with Crippen molar-refractivity contribution in [2.45, 2.75) is 37.6 Å². The first kappa shape index (κ1) is 13.4. The Labute approximate surface area is 112 Å². The van der Waals surface area contributed by atoms with Crippen molar-refractivity contribution in [3.05, 3.63) is 35.9 Å². The minimum Gasteiger partial charge on any atom is -0.409 e. The minimum atomic E-state index is -0.865. The van der Waals surface area contributed by atoms with E-state index in [2.05, 4.69) is 10.5 Å². The number of carbonyl (C=O) groups is 1. The number of nitrogens with two attached hydrogens (primary N) is 1. The summed E-state index contributed by atoms with van der Waals surface area (Å²) in [5.41, 5.74) is 5.29. The van der Waals surface area contributed by atoms with Gasteiger partial charge in [-0.2, -0.15) is 0 Å². The highest BCUT2D eigenvalue weighted by molar-refractivity contribution is 5.97. The predicted molar refractivity (Wildman–Crippen MR) is 73.0 cm³/mol. The summed E-state index contributed by atoms with van der Waals surface area (Å²) in [7, 11) is 0. The lowest BCUT2D eigenvalue weighted by atomic mass is 9.93. The molecule has 0 aromatic heterocycles. The fourth-order valence-electron chi connectivity index (χ4n) is 2.12. The second-order valence-electron chi connectivity index (χ2n) is 5.51. The van der Waals surface area contributed by atoms with Crippen LogP contribution in [0.15, 0.2) is 35.5 Å². The minimum absolute atomic E-state index is 0.00953. The van der Waals surface area contributed by atoms with Crippen LogP contribution in [0.25, 0.3) is 0 Å². The molecule has 2 rings (SSSR count). The van der Waals surface area contributed by atoms with E-state index in [0.717, 1.165) is 18.4 Å². The fraction of sp³-hybridized carbons (Fsp3) is 0.429. The number of benzene rings is 1. The highest BCUT2D eigenvalue weighted by Gasteiger charge is 2.52. The topological polar surface area (TPSA) is 87.7 Å². The lowest BCUT2D eigenvalue weighted by Gasteiger charge is -2.27. The van der Waals surface area contributed by atoms with Crippen molar-refractivity contribution in [1.29, 1.82) is 0 Å². The molecule has 0 radical (unpaired) electrons. The Hall–Kier alpha value is -2.04. The third-order valence-electron chi connectivity index (χ3n) is 3.69. The Kier molecular flexibility index (Phi) is 3.22. The first-order chi connectivity index (χ1) is 8.92. The van der Waals surface area contributed by atoms with E-state index in [1.165, 1.54) is 0 Å². The van der Waals surface area contributed by atoms with E-state index in [9.17, 15) is 4.79 Å². The van der Waals surface area contributed by atoms with Crippen LogP contribution in [0.4, 0.5) is 0 Å². The maximum absolute atomic E-state index is 12.5. The molecule has 0 aliphatic heterocycles. The highest BCUT2D eigenvalue weighted by Crippen LogP contribution is 2.48. The third kappa shape index (κ3) is 2.41. The van der Waals surface area contributed by atoms with Crippen LogP contribution >= 0.6 is 0 Å². The van der Waals surface area contributed by atoms with Crippen molar-refractivity contribution in [1.82, 2.24) is 5.32 Å². The molecular weight excluding hydrogens is 242 g/mol. The molecule has 0 bridgehead atoms. The molecule has 5 nitrogen and oxygen atoms in total. The summed E-state index contributed by atoms with van der Waals surface area (Å²) in [6.07, 6.45) is 1.66. The lowest BCUT2D eigenvalue weighted by Crippen LogP contribution is -2.55. The number of nitrogens with zero attached hydrogens (tertiary/aromatic N) is 1. The molecule has 0 saturated heterocycles. The largest absolute Gasteiger partial charge is 0.409 e. The van der Waals surface area contributed by atoms with Crippen molar-refractivity contribution < 1.29 is 10.0 Å². The molecule has 5 heteroatoms. The SMILES string of the molecule is CC(C)(NC(=O)C1(c2ccccc2)CC1)C(N)=NO. The smallest absolute Gasteiger partial charge is 0.231 e. The van der Waals surface area contributed by atoms with Crippen LogP contribution in [0.3, 0.4) is 0 Å². The number of oxime groups is 1. The van der Waals surface area contributed by atoms with E-state index in [0.29, 0.717) is 0 Å². The molecule has 1 fully saturated rings. The molecule has 1 aliphatic rings. The van der Waals surface area contributed by atoms with E-state index in [1.54, 1.807) is 13.8 Å². The number of rotatable bonds is 4. The molecule has 0 unspecified atom stereocenters. The van der Waals surface area contributed by atoms with E-state index in [1.807, 2.05) is 30.3 Å².